The van der Waals surface area contributed by atoms with Crippen LogP contribution in [0.1, 0.15) is 30.4 Å². The average molecular weight is 266 g/mol. The summed E-state index contributed by atoms with van der Waals surface area (Å²) in [6, 6.07) is 13.0. The molecule has 0 fully saturated rings. The highest BCUT2D eigenvalue weighted by molar-refractivity contribution is 5.72. The van der Waals surface area contributed by atoms with Crippen LogP contribution in [0, 0.1) is 0 Å². The average Bonchev–Trinajstić information content (AvgIpc) is 2.88. The lowest BCUT2D eigenvalue weighted by atomic mass is 9.95. The molecule has 0 saturated carbocycles. The van der Waals surface area contributed by atoms with Gasteiger partial charge in [-0.15, -0.1) is 0 Å². The van der Waals surface area contributed by atoms with E-state index in [2.05, 4.69) is 37.3 Å². The van der Waals surface area contributed by atoms with Gasteiger partial charge in [-0.3, -0.25) is 0 Å². The van der Waals surface area contributed by atoms with Crippen LogP contribution in [0.25, 0.3) is 11.1 Å². The van der Waals surface area contributed by atoms with Crippen LogP contribution in [0.2, 0.25) is 0 Å². The van der Waals surface area contributed by atoms with Crippen LogP contribution in [-0.4, -0.2) is 13.2 Å². The van der Waals surface area contributed by atoms with E-state index in [9.17, 15) is 0 Å². The lowest BCUT2D eigenvalue weighted by molar-refractivity contribution is 0.171. The first-order valence-corrected chi connectivity index (χ1v) is 7.35. The molecule has 0 spiro atoms. The van der Waals surface area contributed by atoms with Crippen LogP contribution in [0.15, 0.2) is 36.4 Å². The number of ether oxygens (including phenoxy) is 2. The Balaban J connectivity index is 1.82. The molecule has 2 nitrogen and oxygen atoms in total. The van der Waals surface area contributed by atoms with Crippen LogP contribution in [-0.2, 0) is 6.42 Å². The first-order chi connectivity index (χ1) is 9.83. The van der Waals surface area contributed by atoms with E-state index < -0.39 is 0 Å². The van der Waals surface area contributed by atoms with Crippen molar-refractivity contribution in [1.29, 1.82) is 0 Å². The van der Waals surface area contributed by atoms with Crippen molar-refractivity contribution in [1.82, 2.24) is 0 Å². The van der Waals surface area contributed by atoms with Crippen LogP contribution in [0.5, 0.6) is 11.5 Å². The lowest BCUT2D eigenvalue weighted by Crippen LogP contribution is -2.15. The normalized spacial score (nSPS) is 19.8. The minimum atomic E-state index is 0.639. The fraction of sp³-hybridized carbons (Fsp3) is 0.333. The van der Waals surface area contributed by atoms with E-state index in [1.807, 2.05) is 6.07 Å². The summed E-state index contributed by atoms with van der Waals surface area (Å²) < 4.78 is 11.3. The standard InChI is InChI=1S/C18H18O2/c1-12-5-7-16-14(12)3-2-4-15(16)13-6-8-17-18(11-13)20-10-9-19-17/h2-4,6,8,11-12H,5,7,9-10H2,1H3/t12-/m0/s1. The number of hydrogen-bond donors (Lipinski definition) is 0. The maximum atomic E-state index is 5.70. The number of fused-ring (bicyclic) bond motifs is 2. The minimum absolute atomic E-state index is 0.639. The summed E-state index contributed by atoms with van der Waals surface area (Å²) in [5, 5.41) is 0. The van der Waals surface area contributed by atoms with E-state index in [4.69, 9.17) is 9.47 Å². The van der Waals surface area contributed by atoms with E-state index in [1.54, 1.807) is 0 Å². The summed E-state index contributed by atoms with van der Waals surface area (Å²) in [6.07, 6.45) is 2.44. The Morgan fingerprint density at radius 3 is 2.75 bits per heavy atom. The molecule has 1 atom stereocenters. The van der Waals surface area contributed by atoms with Gasteiger partial charge in [0.25, 0.3) is 0 Å². The molecule has 1 aliphatic heterocycles. The van der Waals surface area contributed by atoms with Crippen molar-refractivity contribution >= 4 is 0 Å². The molecule has 2 aromatic rings. The molecular weight excluding hydrogens is 248 g/mol. The molecule has 20 heavy (non-hydrogen) atoms. The molecule has 2 aromatic carbocycles. The second-order valence-corrected chi connectivity index (χ2v) is 5.67. The second kappa shape index (κ2) is 4.55. The molecule has 0 saturated heterocycles. The third kappa shape index (κ3) is 1.79. The zero-order chi connectivity index (χ0) is 13.5. The molecule has 2 aliphatic rings. The first kappa shape index (κ1) is 11.8. The smallest absolute Gasteiger partial charge is 0.161 e. The van der Waals surface area contributed by atoms with E-state index >= 15 is 0 Å². The lowest BCUT2D eigenvalue weighted by Gasteiger charge is -2.19. The quantitative estimate of drug-likeness (QED) is 0.771. The Morgan fingerprint density at radius 1 is 1.00 bits per heavy atom. The van der Waals surface area contributed by atoms with Gasteiger partial charge in [0.05, 0.1) is 0 Å². The van der Waals surface area contributed by atoms with Gasteiger partial charge in [-0.2, -0.15) is 0 Å². The Labute approximate surface area is 119 Å². The molecule has 0 amide bonds. The molecule has 102 valence electrons. The van der Waals surface area contributed by atoms with E-state index in [0.717, 1.165) is 11.5 Å². The highest BCUT2D eigenvalue weighted by Crippen LogP contribution is 2.41. The molecule has 2 heteroatoms. The predicted molar refractivity (Wildman–Crippen MR) is 79.6 cm³/mol. The molecule has 0 radical (unpaired) electrons. The molecular formula is C18H18O2. The first-order valence-electron chi connectivity index (χ1n) is 7.35. The summed E-state index contributed by atoms with van der Waals surface area (Å²) in [5.74, 6) is 2.42. The van der Waals surface area contributed by atoms with Gasteiger partial charge in [0, 0.05) is 0 Å². The van der Waals surface area contributed by atoms with Gasteiger partial charge >= 0.3 is 0 Å². The Morgan fingerprint density at radius 2 is 1.85 bits per heavy atom. The molecule has 4 rings (SSSR count). The van der Waals surface area contributed by atoms with Crippen molar-refractivity contribution < 1.29 is 9.47 Å². The fourth-order valence-electron chi connectivity index (χ4n) is 3.34. The van der Waals surface area contributed by atoms with Gasteiger partial charge in [-0.05, 0) is 53.1 Å². The Kier molecular flexibility index (Phi) is 2.69. The zero-order valence-electron chi connectivity index (χ0n) is 11.7. The van der Waals surface area contributed by atoms with Gasteiger partial charge in [-0.25, -0.2) is 0 Å². The minimum Gasteiger partial charge on any atom is -0.486 e. The van der Waals surface area contributed by atoms with Gasteiger partial charge in [-0.1, -0.05) is 31.2 Å². The summed E-state index contributed by atoms with van der Waals surface area (Å²) in [4.78, 5) is 0. The number of benzene rings is 2. The van der Waals surface area contributed by atoms with E-state index in [-0.39, 0.29) is 0 Å². The molecule has 0 N–H and O–H groups in total. The number of hydrogen-bond acceptors (Lipinski definition) is 2. The summed E-state index contributed by atoms with van der Waals surface area (Å²) in [7, 11) is 0. The summed E-state index contributed by atoms with van der Waals surface area (Å²) in [6.45, 7) is 3.60. The Bertz CT molecular complexity index is 660. The fourth-order valence-corrected chi connectivity index (χ4v) is 3.34. The van der Waals surface area contributed by atoms with Crippen LogP contribution >= 0.6 is 0 Å². The van der Waals surface area contributed by atoms with Gasteiger partial charge in [0.1, 0.15) is 13.2 Å². The SMILES string of the molecule is C[C@H]1CCc2c(-c3ccc4c(c3)OCCO4)cccc21. The van der Waals surface area contributed by atoms with E-state index in [1.165, 1.54) is 35.1 Å². The van der Waals surface area contributed by atoms with Crippen molar-refractivity contribution in [2.75, 3.05) is 13.2 Å². The Hall–Kier alpha value is -1.96. The third-order valence-electron chi connectivity index (χ3n) is 4.42. The number of rotatable bonds is 1. The zero-order valence-corrected chi connectivity index (χ0v) is 11.7. The van der Waals surface area contributed by atoms with Crippen molar-refractivity contribution in [2.45, 2.75) is 25.7 Å². The topological polar surface area (TPSA) is 18.5 Å². The molecule has 0 aromatic heterocycles. The maximum absolute atomic E-state index is 5.70. The summed E-state index contributed by atoms with van der Waals surface area (Å²) >= 11 is 0. The highest BCUT2D eigenvalue weighted by atomic mass is 16.6. The predicted octanol–water partition coefficient (Wildman–Crippen LogP) is 4.17. The van der Waals surface area contributed by atoms with Crippen molar-refractivity contribution in [2.24, 2.45) is 0 Å². The largest absolute Gasteiger partial charge is 0.486 e. The van der Waals surface area contributed by atoms with Crippen molar-refractivity contribution in [3.63, 3.8) is 0 Å². The highest BCUT2D eigenvalue weighted by Gasteiger charge is 2.22. The third-order valence-corrected chi connectivity index (χ3v) is 4.42. The van der Waals surface area contributed by atoms with Crippen molar-refractivity contribution in [3.8, 4) is 22.6 Å². The maximum Gasteiger partial charge on any atom is 0.161 e. The monoisotopic (exact) mass is 266 g/mol. The van der Waals surface area contributed by atoms with Crippen LogP contribution in [0.4, 0.5) is 0 Å². The van der Waals surface area contributed by atoms with Gasteiger partial charge in [0.15, 0.2) is 11.5 Å². The van der Waals surface area contributed by atoms with E-state index in [0.29, 0.717) is 19.1 Å². The van der Waals surface area contributed by atoms with Crippen LogP contribution < -0.4 is 9.47 Å². The van der Waals surface area contributed by atoms with Gasteiger partial charge < -0.3 is 9.47 Å². The molecule has 1 heterocycles. The molecule has 0 bridgehead atoms. The van der Waals surface area contributed by atoms with Crippen molar-refractivity contribution in [3.05, 3.63) is 47.5 Å². The molecule has 1 aliphatic carbocycles. The van der Waals surface area contributed by atoms with Crippen LogP contribution in [0.3, 0.4) is 0 Å². The molecule has 0 unspecified atom stereocenters. The summed E-state index contributed by atoms with van der Waals surface area (Å²) in [5.41, 5.74) is 5.61. The van der Waals surface area contributed by atoms with Gasteiger partial charge in [0.2, 0.25) is 0 Å². The second-order valence-electron chi connectivity index (χ2n) is 5.67.